The highest BCUT2D eigenvalue weighted by atomic mass is 31.2. The van der Waals surface area contributed by atoms with Crippen LogP contribution in [0.15, 0.2) is 48.6 Å². The van der Waals surface area contributed by atoms with E-state index in [4.69, 9.17) is 18.5 Å². The van der Waals surface area contributed by atoms with Gasteiger partial charge in [-0.3, -0.25) is 18.6 Å². The molecule has 3 N–H and O–H groups in total. The summed E-state index contributed by atoms with van der Waals surface area (Å²) in [6.45, 7) is 2.15. The van der Waals surface area contributed by atoms with Crippen LogP contribution in [0.3, 0.4) is 0 Å². The number of carbonyl (C=O) groups excluding carboxylic acids is 2. The van der Waals surface area contributed by atoms with Crippen LogP contribution in [0.2, 0.25) is 0 Å². The summed E-state index contributed by atoms with van der Waals surface area (Å²) in [5, 5.41) is 19.3. The number of phosphoric acid groups is 1. The normalized spacial score (nSPS) is 13.9. The van der Waals surface area contributed by atoms with Crippen LogP contribution in [0.5, 0.6) is 0 Å². The van der Waals surface area contributed by atoms with Crippen molar-refractivity contribution in [3.05, 3.63) is 48.6 Å². The number of unbranched alkanes of at least 4 members (excludes halogenated alkanes) is 32. The molecule has 69 heavy (non-hydrogen) atoms. The minimum absolute atomic E-state index is 0.187. The zero-order valence-corrected chi connectivity index (χ0v) is 45.4. The number of rotatable bonds is 54. The van der Waals surface area contributed by atoms with Crippen molar-refractivity contribution in [1.29, 1.82) is 0 Å². The molecule has 0 saturated heterocycles. The summed E-state index contributed by atoms with van der Waals surface area (Å²) in [5.41, 5.74) is 0. The van der Waals surface area contributed by atoms with E-state index in [0.29, 0.717) is 12.8 Å². The average Bonchev–Trinajstić information content (AvgIpc) is 3.34. The number of phosphoric ester groups is 1. The molecule has 10 nitrogen and oxygen atoms in total. The Balaban J connectivity index is 3.77. The fraction of sp³-hybridized carbons (Fsp3) is 0.828. The molecular formula is C58H107O10P. The highest BCUT2D eigenvalue weighted by Gasteiger charge is 2.27. The minimum atomic E-state index is -4.65. The predicted octanol–water partition coefficient (Wildman–Crippen LogP) is 16.8. The van der Waals surface area contributed by atoms with Gasteiger partial charge in [0, 0.05) is 12.8 Å². The average molecular weight is 995 g/mol. The maximum Gasteiger partial charge on any atom is 0.472 e. The summed E-state index contributed by atoms with van der Waals surface area (Å²) in [5.74, 6) is -1.01. The largest absolute Gasteiger partial charge is 0.472 e. The van der Waals surface area contributed by atoms with Gasteiger partial charge in [-0.2, -0.15) is 0 Å². The Morgan fingerprint density at radius 3 is 0.986 bits per heavy atom. The van der Waals surface area contributed by atoms with Crippen LogP contribution >= 0.6 is 7.82 Å². The first kappa shape index (κ1) is 66.9. The Labute approximate surface area is 423 Å². The maximum atomic E-state index is 12.5. The predicted molar refractivity (Wildman–Crippen MR) is 288 cm³/mol. The number of carbonyl (C=O) groups is 2. The minimum Gasteiger partial charge on any atom is -0.457 e. The number of hydrogen-bond donors (Lipinski definition) is 3. The molecule has 11 heteroatoms. The zero-order valence-electron chi connectivity index (χ0n) is 44.5. The van der Waals surface area contributed by atoms with Crippen molar-refractivity contribution >= 4 is 19.8 Å². The molecule has 0 aliphatic rings. The Kier molecular flexibility index (Phi) is 52.1. The second kappa shape index (κ2) is 53.7. The first-order valence-corrected chi connectivity index (χ1v) is 30.1. The zero-order chi connectivity index (χ0) is 50.4. The van der Waals surface area contributed by atoms with Gasteiger partial charge in [-0.05, 0) is 51.4 Å². The first-order valence-electron chi connectivity index (χ1n) is 28.6. The van der Waals surface area contributed by atoms with Gasteiger partial charge in [0.25, 0.3) is 0 Å². The molecule has 0 saturated carbocycles. The third-order valence-electron chi connectivity index (χ3n) is 12.6. The quantitative estimate of drug-likeness (QED) is 0.0233. The fourth-order valence-electron chi connectivity index (χ4n) is 8.23. The Morgan fingerprint density at radius 1 is 0.406 bits per heavy atom. The van der Waals surface area contributed by atoms with E-state index in [1.54, 1.807) is 0 Å². The smallest absolute Gasteiger partial charge is 0.457 e. The molecule has 0 spiro atoms. The fourth-order valence-corrected chi connectivity index (χ4v) is 9.01. The molecule has 404 valence electrons. The third-order valence-corrected chi connectivity index (χ3v) is 13.5. The van der Waals surface area contributed by atoms with Gasteiger partial charge in [-0.1, -0.05) is 255 Å². The molecule has 3 unspecified atom stereocenters. The number of esters is 2. The van der Waals surface area contributed by atoms with Crippen molar-refractivity contribution in [2.24, 2.45) is 0 Å². The summed E-state index contributed by atoms with van der Waals surface area (Å²) in [7, 11) is -4.65. The second-order valence-electron chi connectivity index (χ2n) is 19.3. The lowest BCUT2D eigenvalue weighted by Crippen LogP contribution is -2.28. The maximum absolute atomic E-state index is 12.5. The van der Waals surface area contributed by atoms with Crippen LogP contribution in [0.1, 0.15) is 271 Å². The molecule has 0 heterocycles. The van der Waals surface area contributed by atoms with Crippen molar-refractivity contribution in [1.82, 2.24) is 0 Å². The van der Waals surface area contributed by atoms with Crippen molar-refractivity contribution < 1.29 is 47.8 Å². The van der Waals surface area contributed by atoms with Crippen molar-refractivity contribution in [2.75, 3.05) is 26.4 Å². The topological polar surface area (TPSA) is 149 Å². The van der Waals surface area contributed by atoms with Crippen LogP contribution in [0.25, 0.3) is 0 Å². The van der Waals surface area contributed by atoms with Gasteiger partial charge in [0.15, 0.2) is 0 Å². The van der Waals surface area contributed by atoms with Crippen LogP contribution in [-0.4, -0.2) is 65.7 Å². The highest BCUT2D eigenvalue weighted by molar-refractivity contribution is 7.47. The third kappa shape index (κ3) is 52.1. The van der Waals surface area contributed by atoms with Crippen molar-refractivity contribution in [3.8, 4) is 0 Å². The lowest BCUT2D eigenvalue weighted by Gasteiger charge is -2.20. The number of ether oxygens (including phenoxy) is 2. The van der Waals surface area contributed by atoms with E-state index >= 15 is 0 Å². The highest BCUT2D eigenvalue weighted by Crippen LogP contribution is 2.43. The van der Waals surface area contributed by atoms with Gasteiger partial charge in [-0.25, -0.2) is 4.57 Å². The Hall–Kier alpha value is -2.07. The summed E-state index contributed by atoms with van der Waals surface area (Å²) in [6.07, 6.45) is 62.4. The van der Waals surface area contributed by atoms with E-state index in [1.165, 1.54) is 161 Å². The molecule has 0 rings (SSSR count). The molecule has 0 fully saturated rings. The van der Waals surface area contributed by atoms with Crippen LogP contribution in [0.4, 0.5) is 0 Å². The first-order chi connectivity index (χ1) is 33.8. The molecular weight excluding hydrogens is 888 g/mol. The second-order valence-corrected chi connectivity index (χ2v) is 20.7. The molecule has 0 bridgehead atoms. The molecule has 0 aliphatic carbocycles. The van der Waals surface area contributed by atoms with E-state index < -0.39 is 58.4 Å². The van der Waals surface area contributed by atoms with E-state index in [0.717, 1.165) is 70.6 Å². The molecule has 0 aromatic rings. The Morgan fingerprint density at radius 2 is 0.681 bits per heavy atom. The lowest BCUT2D eigenvalue weighted by atomic mass is 10.0. The number of hydrogen-bond acceptors (Lipinski definition) is 9. The number of allylic oxidation sites excluding steroid dienone is 8. The van der Waals surface area contributed by atoms with Gasteiger partial charge in [0.1, 0.15) is 12.2 Å². The summed E-state index contributed by atoms with van der Waals surface area (Å²) >= 11 is 0. The molecule has 0 amide bonds. The molecule has 0 aromatic carbocycles. The van der Waals surface area contributed by atoms with Crippen molar-refractivity contribution in [2.45, 2.75) is 283 Å². The Bertz CT molecular complexity index is 1280. The summed E-state index contributed by atoms with van der Waals surface area (Å²) < 4.78 is 32.8. The van der Waals surface area contributed by atoms with Gasteiger partial charge in [0.2, 0.25) is 0 Å². The van der Waals surface area contributed by atoms with E-state index in [1.807, 2.05) is 0 Å². The van der Waals surface area contributed by atoms with Gasteiger partial charge in [0.05, 0.1) is 26.4 Å². The van der Waals surface area contributed by atoms with Gasteiger partial charge in [-0.15, -0.1) is 0 Å². The number of aliphatic hydroxyl groups excluding tert-OH is 2. The van der Waals surface area contributed by atoms with Crippen LogP contribution in [0, 0.1) is 0 Å². The molecule has 0 aliphatic heterocycles. The van der Waals surface area contributed by atoms with Crippen molar-refractivity contribution in [3.63, 3.8) is 0 Å². The SMILES string of the molecule is CC/C=C\C/C=C\C/C=C\C/C=C\CCCCCCCCCCCCC(=O)OC(CO)COP(=O)(O)OCC(CO)OC(=O)CCCCCCCCCCCCCCCCCCCCCCCCC. The summed E-state index contributed by atoms with van der Waals surface area (Å²) in [4.78, 5) is 34.8. The van der Waals surface area contributed by atoms with Gasteiger partial charge >= 0.3 is 19.8 Å². The monoisotopic (exact) mass is 995 g/mol. The van der Waals surface area contributed by atoms with E-state index in [-0.39, 0.29) is 12.8 Å². The molecule has 3 atom stereocenters. The standard InChI is InChI=1S/C58H107O10P/c1-3-5-7-9-11-13-15-17-19-21-23-25-27-29-31-33-35-37-39-41-43-45-47-49-57(61)67-55(51-59)53-65-69(63,64)66-54-56(52-60)68-58(62)50-48-46-44-42-40-38-36-34-32-30-28-26-24-22-20-18-16-14-12-10-8-6-4-2/h5,7,11,13,17,19,23,25,55-56,59-60H,3-4,6,8-10,12,14-16,18,20-22,24,26-54H2,1-2H3,(H,63,64)/b7-5-,13-11-,19-17-,25-23-. The van der Waals surface area contributed by atoms with Crippen LogP contribution < -0.4 is 0 Å². The lowest BCUT2D eigenvalue weighted by molar-refractivity contribution is -0.153. The van der Waals surface area contributed by atoms with Crippen LogP contribution in [-0.2, 0) is 32.7 Å². The number of aliphatic hydroxyl groups is 2. The van der Waals surface area contributed by atoms with Gasteiger partial charge < -0.3 is 24.6 Å². The molecule has 0 aromatic heterocycles. The molecule has 0 radical (unpaired) electrons. The summed E-state index contributed by atoms with van der Waals surface area (Å²) in [6, 6.07) is 0. The van der Waals surface area contributed by atoms with E-state index in [2.05, 4.69) is 62.5 Å². The van der Waals surface area contributed by atoms with E-state index in [9.17, 15) is 29.3 Å².